The van der Waals surface area contributed by atoms with Crippen molar-refractivity contribution >= 4 is 5.97 Å². The van der Waals surface area contributed by atoms with Gasteiger partial charge < -0.3 is 15.0 Å². The number of carboxylic acids is 1. The minimum Gasteiger partial charge on any atom is -0.545 e. The van der Waals surface area contributed by atoms with E-state index in [1.165, 1.54) is 18.2 Å². The van der Waals surface area contributed by atoms with Crippen LogP contribution < -0.4 is 56.5 Å². The second-order valence-electron chi connectivity index (χ2n) is 3.55. The molecule has 0 saturated carbocycles. The zero-order valence-electron chi connectivity index (χ0n) is 9.82. The summed E-state index contributed by atoms with van der Waals surface area (Å²) >= 11 is 0. The third kappa shape index (κ3) is 4.55. The normalized spacial score (nSPS) is 9.56. The molecule has 0 unspecified atom stereocenters. The molecule has 1 N–H and O–H groups in total. The molecule has 0 spiro atoms. The van der Waals surface area contributed by atoms with Crippen molar-refractivity contribution in [1.29, 1.82) is 0 Å². The SMILES string of the molecule is CCCCCc1c(O)cccc1C(=O)[O-].[K+]. The summed E-state index contributed by atoms with van der Waals surface area (Å²) in [5, 5.41) is 20.3. The number of phenols is 1. The van der Waals surface area contributed by atoms with Crippen molar-refractivity contribution in [3.05, 3.63) is 29.3 Å². The summed E-state index contributed by atoms with van der Waals surface area (Å²) in [6.07, 6.45) is 3.56. The molecule has 0 aromatic heterocycles. The van der Waals surface area contributed by atoms with Gasteiger partial charge in [-0.2, -0.15) is 0 Å². The van der Waals surface area contributed by atoms with Gasteiger partial charge in [0.15, 0.2) is 0 Å². The minimum atomic E-state index is -1.22. The Morgan fingerprint density at radius 1 is 1.38 bits per heavy atom. The Morgan fingerprint density at radius 3 is 2.62 bits per heavy atom. The van der Waals surface area contributed by atoms with E-state index in [-0.39, 0.29) is 62.7 Å². The third-order valence-electron chi connectivity index (χ3n) is 2.40. The van der Waals surface area contributed by atoms with Gasteiger partial charge in [-0.3, -0.25) is 0 Å². The van der Waals surface area contributed by atoms with Crippen LogP contribution in [0.25, 0.3) is 0 Å². The maximum atomic E-state index is 10.8. The van der Waals surface area contributed by atoms with Crippen LogP contribution in [0.5, 0.6) is 5.75 Å². The van der Waals surface area contributed by atoms with Gasteiger partial charge in [0.25, 0.3) is 0 Å². The van der Waals surface area contributed by atoms with Crippen LogP contribution in [0.2, 0.25) is 0 Å². The Labute approximate surface area is 138 Å². The molecule has 4 heteroatoms. The van der Waals surface area contributed by atoms with Gasteiger partial charge in [-0.1, -0.05) is 31.9 Å². The summed E-state index contributed by atoms with van der Waals surface area (Å²) < 4.78 is 0. The van der Waals surface area contributed by atoms with Crippen LogP contribution in [0.4, 0.5) is 0 Å². The number of rotatable bonds is 5. The molecule has 16 heavy (non-hydrogen) atoms. The molecule has 0 radical (unpaired) electrons. The Hall–Kier alpha value is 0.126. The summed E-state index contributed by atoms with van der Waals surface area (Å²) in [5.74, 6) is -1.18. The minimum absolute atomic E-state index is 0. The Balaban J connectivity index is 0.00000225. The first-order valence-corrected chi connectivity index (χ1v) is 5.19. The van der Waals surface area contributed by atoms with Crippen molar-refractivity contribution in [3.8, 4) is 5.75 Å². The van der Waals surface area contributed by atoms with Crippen molar-refractivity contribution in [2.75, 3.05) is 0 Å². The molecule has 0 atom stereocenters. The quantitative estimate of drug-likeness (QED) is 0.508. The van der Waals surface area contributed by atoms with Crippen molar-refractivity contribution in [3.63, 3.8) is 0 Å². The number of unbranched alkanes of at least 4 members (excludes halogenated alkanes) is 2. The number of aromatic carboxylic acids is 1. The van der Waals surface area contributed by atoms with Gasteiger partial charge in [0.05, 0.1) is 5.97 Å². The summed E-state index contributed by atoms with van der Waals surface area (Å²) in [6.45, 7) is 2.07. The first-order chi connectivity index (χ1) is 7.16. The molecule has 1 aromatic carbocycles. The summed E-state index contributed by atoms with van der Waals surface area (Å²) in [5.41, 5.74) is 0.594. The maximum Gasteiger partial charge on any atom is 1.00 e. The Morgan fingerprint density at radius 2 is 2.06 bits per heavy atom. The Kier molecular flexibility index (Phi) is 8.32. The van der Waals surface area contributed by atoms with Gasteiger partial charge in [0.1, 0.15) is 5.75 Å². The Bertz CT molecular complexity index is 350. The van der Waals surface area contributed by atoms with Crippen molar-refractivity contribution in [2.24, 2.45) is 0 Å². The van der Waals surface area contributed by atoms with E-state index in [1.54, 1.807) is 0 Å². The van der Waals surface area contributed by atoms with Crippen LogP contribution in [0.3, 0.4) is 0 Å². The fourth-order valence-electron chi connectivity index (χ4n) is 1.58. The summed E-state index contributed by atoms with van der Waals surface area (Å²) in [7, 11) is 0. The topological polar surface area (TPSA) is 60.4 Å². The fraction of sp³-hybridized carbons (Fsp3) is 0.417. The van der Waals surface area contributed by atoms with E-state index in [1.807, 2.05) is 0 Å². The number of carboxylic acid groups (broad SMARTS) is 1. The smallest absolute Gasteiger partial charge is 0.545 e. The number of carbonyl (C=O) groups is 1. The zero-order valence-corrected chi connectivity index (χ0v) is 12.9. The van der Waals surface area contributed by atoms with E-state index in [2.05, 4.69) is 6.92 Å². The predicted molar refractivity (Wildman–Crippen MR) is 55.7 cm³/mol. The van der Waals surface area contributed by atoms with E-state index in [0.717, 1.165) is 19.3 Å². The van der Waals surface area contributed by atoms with Crippen LogP contribution in [-0.2, 0) is 6.42 Å². The number of carbonyl (C=O) groups excluding carboxylic acids is 1. The summed E-state index contributed by atoms with van der Waals surface area (Å²) in [6, 6.07) is 4.49. The van der Waals surface area contributed by atoms with Crippen LogP contribution >= 0.6 is 0 Å². The van der Waals surface area contributed by atoms with E-state index >= 15 is 0 Å². The molecule has 82 valence electrons. The van der Waals surface area contributed by atoms with Gasteiger partial charge in [-0.15, -0.1) is 0 Å². The largest absolute Gasteiger partial charge is 1.00 e. The molecule has 0 aliphatic heterocycles. The summed E-state index contributed by atoms with van der Waals surface area (Å²) in [4.78, 5) is 10.8. The molecule has 0 fully saturated rings. The van der Waals surface area contributed by atoms with Crippen LogP contribution in [0, 0.1) is 0 Å². The number of hydrogen-bond donors (Lipinski definition) is 1. The van der Waals surface area contributed by atoms with Crippen molar-refractivity contribution in [1.82, 2.24) is 0 Å². The molecule has 1 rings (SSSR count). The zero-order chi connectivity index (χ0) is 11.3. The second kappa shape index (κ2) is 8.25. The van der Waals surface area contributed by atoms with Crippen LogP contribution in [0.15, 0.2) is 18.2 Å². The fourth-order valence-corrected chi connectivity index (χ4v) is 1.58. The molecule has 0 aliphatic rings. The predicted octanol–water partition coefficient (Wildman–Crippen LogP) is -1.51. The maximum absolute atomic E-state index is 10.8. The van der Waals surface area contributed by atoms with Gasteiger partial charge in [0, 0.05) is 11.1 Å². The van der Waals surface area contributed by atoms with Crippen molar-refractivity contribution < 1.29 is 66.4 Å². The molecule has 3 nitrogen and oxygen atoms in total. The van der Waals surface area contributed by atoms with E-state index < -0.39 is 5.97 Å². The number of phenolic OH excluding ortho intramolecular Hbond substituents is 1. The van der Waals surface area contributed by atoms with Crippen LogP contribution in [0.1, 0.15) is 42.1 Å². The molecular weight excluding hydrogens is 231 g/mol. The third-order valence-corrected chi connectivity index (χ3v) is 2.40. The molecule has 0 amide bonds. The number of aromatic hydroxyl groups is 1. The van der Waals surface area contributed by atoms with Crippen molar-refractivity contribution in [2.45, 2.75) is 32.6 Å². The van der Waals surface area contributed by atoms with Crippen LogP contribution in [-0.4, -0.2) is 11.1 Å². The molecule has 0 heterocycles. The molecule has 0 bridgehead atoms. The van der Waals surface area contributed by atoms with Gasteiger partial charge in [-0.25, -0.2) is 0 Å². The van der Waals surface area contributed by atoms with Gasteiger partial charge >= 0.3 is 51.4 Å². The average molecular weight is 246 g/mol. The van der Waals surface area contributed by atoms with E-state index in [4.69, 9.17) is 0 Å². The molecule has 0 saturated heterocycles. The monoisotopic (exact) mass is 246 g/mol. The van der Waals surface area contributed by atoms with Gasteiger partial charge in [-0.05, 0) is 18.9 Å². The molecular formula is C12H15KO3. The van der Waals surface area contributed by atoms with E-state index in [0.29, 0.717) is 12.0 Å². The number of benzene rings is 1. The average Bonchev–Trinajstić information content (AvgIpc) is 2.20. The molecule has 1 aromatic rings. The number of hydrogen-bond acceptors (Lipinski definition) is 3. The second-order valence-corrected chi connectivity index (χ2v) is 3.55. The van der Waals surface area contributed by atoms with Gasteiger partial charge in [0.2, 0.25) is 0 Å². The first kappa shape index (κ1) is 16.1. The first-order valence-electron chi connectivity index (χ1n) is 5.19. The van der Waals surface area contributed by atoms with E-state index in [9.17, 15) is 15.0 Å². The molecule has 0 aliphatic carbocycles. The standard InChI is InChI=1S/C12H16O3.K/c1-2-3-4-6-9-10(12(14)15)7-5-8-11(9)13;/h5,7-8,13H,2-4,6H2,1H3,(H,14,15);/q;+1/p-1.